The van der Waals surface area contributed by atoms with Gasteiger partial charge in [-0.3, -0.25) is 4.79 Å². The summed E-state index contributed by atoms with van der Waals surface area (Å²) in [6.45, 7) is 1.31. The van der Waals surface area contributed by atoms with Crippen LogP contribution in [0.5, 0.6) is 0 Å². The van der Waals surface area contributed by atoms with Gasteiger partial charge in [-0.1, -0.05) is 36.4 Å². The van der Waals surface area contributed by atoms with Gasteiger partial charge >= 0.3 is 11.9 Å². The molecule has 28 heavy (non-hydrogen) atoms. The van der Waals surface area contributed by atoms with Crippen molar-refractivity contribution < 1.29 is 33.3 Å². The molecule has 2 aromatic rings. The largest absolute Gasteiger partial charge is 0.459 e. The molecule has 0 bridgehead atoms. The molecule has 7 nitrogen and oxygen atoms in total. The van der Waals surface area contributed by atoms with E-state index in [0.29, 0.717) is 11.8 Å². The molecule has 2 rings (SSSR count). The highest BCUT2D eigenvalue weighted by Crippen LogP contribution is 2.12. The molecule has 148 valence electrons. The van der Waals surface area contributed by atoms with Crippen molar-refractivity contribution in [1.82, 2.24) is 0 Å². The number of hydrogen-bond acceptors (Lipinski definition) is 7. The highest BCUT2D eigenvalue weighted by molar-refractivity contribution is 5.90. The molecule has 2 unspecified atom stereocenters. The van der Waals surface area contributed by atoms with E-state index in [4.69, 9.17) is 18.9 Å². The third kappa shape index (κ3) is 6.29. The van der Waals surface area contributed by atoms with E-state index in [9.17, 15) is 14.4 Å². The second-order valence-electron chi connectivity index (χ2n) is 5.81. The molecule has 0 aliphatic rings. The Kier molecular flexibility index (Phi) is 8.33. The number of carbonyl (C=O) groups is 3. The monoisotopic (exact) mass is 386 g/mol. The zero-order valence-electron chi connectivity index (χ0n) is 15.6. The van der Waals surface area contributed by atoms with Gasteiger partial charge in [0.25, 0.3) is 0 Å². The molecule has 0 heterocycles. The van der Waals surface area contributed by atoms with E-state index in [0.717, 1.165) is 0 Å². The third-order valence-electron chi connectivity index (χ3n) is 3.84. The van der Waals surface area contributed by atoms with Crippen LogP contribution in [0.2, 0.25) is 0 Å². The second kappa shape index (κ2) is 11.0. The van der Waals surface area contributed by atoms with Gasteiger partial charge in [0.2, 0.25) is 0 Å². The van der Waals surface area contributed by atoms with Gasteiger partial charge in [-0.15, -0.1) is 0 Å². The highest BCUT2D eigenvalue weighted by atomic mass is 16.7. The Bertz CT molecular complexity index is 761. The lowest BCUT2D eigenvalue weighted by molar-refractivity contribution is -0.180. The van der Waals surface area contributed by atoms with Gasteiger partial charge in [-0.25, -0.2) is 9.59 Å². The van der Waals surface area contributed by atoms with Gasteiger partial charge in [-0.2, -0.15) is 0 Å². The van der Waals surface area contributed by atoms with Crippen molar-refractivity contribution in [3.8, 4) is 0 Å². The number of aldehydes is 1. The van der Waals surface area contributed by atoms with E-state index >= 15 is 0 Å². The maximum Gasteiger partial charge on any atom is 0.338 e. The minimum absolute atomic E-state index is 0.286. The summed E-state index contributed by atoms with van der Waals surface area (Å²) < 4.78 is 21.1. The third-order valence-corrected chi connectivity index (χ3v) is 3.84. The predicted molar refractivity (Wildman–Crippen MR) is 99.8 cm³/mol. The molecule has 0 fully saturated rings. The van der Waals surface area contributed by atoms with Crippen molar-refractivity contribution in [3.63, 3.8) is 0 Å². The second-order valence-corrected chi connectivity index (χ2v) is 5.81. The summed E-state index contributed by atoms with van der Waals surface area (Å²) in [6.07, 6.45) is -2.59. The number of benzene rings is 2. The van der Waals surface area contributed by atoms with Crippen molar-refractivity contribution >= 4 is 18.2 Å². The number of rotatable bonds is 10. The van der Waals surface area contributed by atoms with Crippen LogP contribution in [0.4, 0.5) is 0 Å². The molecule has 0 aliphatic carbocycles. The van der Waals surface area contributed by atoms with E-state index in [1.165, 1.54) is 7.11 Å². The minimum atomic E-state index is -1.28. The van der Waals surface area contributed by atoms with Gasteiger partial charge in [0.05, 0.1) is 11.1 Å². The average molecular weight is 386 g/mol. The van der Waals surface area contributed by atoms with Crippen LogP contribution in [-0.2, 0) is 23.7 Å². The van der Waals surface area contributed by atoms with Crippen LogP contribution in [0.25, 0.3) is 0 Å². The lowest BCUT2D eigenvalue weighted by Gasteiger charge is -2.25. The maximum atomic E-state index is 12.3. The smallest absolute Gasteiger partial charge is 0.338 e. The minimum Gasteiger partial charge on any atom is -0.459 e. The average Bonchev–Trinajstić information content (AvgIpc) is 2.75. The molecule has 0 N–H and O–H groups in total. The molecular weight excluding hydrogens is 364 g/mol. The Balaban J connectivity index is 2.07. The first-order valence-corrected chi connectivity index (χ1v) is 8.67. The number of ether oxygens (including phenoxy) is 4. The van der Waals surface area contributed by atoms with Crippen LogP contribution in [0.1, 0.15) is 27.6 Å². The predicted octanol–water partition coefficient (Wildman–Crippen LogP) is 2.65. The van der Waals surface area contributed by atoms with Gasteiger partial charge in [0.15, 0.2) is 18.7 Å². The van der Waals surface area contributed by atoms with E-state index in [1.54, 1.807) is 67.6 Å². The summed E-state index contributed by atoms with van der Waals surface area (Å²) in [5.41, 5.74) is 0.638. The van der Waals surface area contributed by atoms with Crippen molar-refractivity contribution in [2.24, 2.45) is 0 Å². The van der Waals surface area contributed by atoms with Crippen LogP contribution >= 0.6 is 0 Å². The molecule has 7 heteroatoms. The zero-order chi connectivity index (χ0) is 20.4. The van der Waals surface area contributed by atoms with Crippen LogP contribution in [0.3, 0.4) is 0 Å². The summed E-state index contributed by atoms with van der Waals surface area (Å²) >= 11 is 0. The van der Waals surface area contributed by atoms with Gasteiger partial charge in [0.1, 0.15) is 12.7 Å². The highest BCUT2D eigenvalue weighted by Gasteiger charge is 2.29. The molecule has 0 spiro atoms. The fraction of sp³-hybridized carbons (Fsp3) is 0.286. The number of hydrogen-bond donors (Lipinski definition) is 0. The molecule has 0 amide bonds. The fourth-order valence-electron chi connectivity index (χ4n) is 2.29. The van der Waals surface area contributed by atoms with Crippen molar-refractivity contribution in [2.45, 2.75) is 25.4 Å². The topological polar surface area (TPSA) is 88.1 Å². The van der Waals surface area contributed by atoms with E-state index in [2.05, 4.69) is 0 Å². The first-order valence-electron chi connectivity index (χ1n) is 8.67. The lowest BCUT2D eigenvalue weighted by atomic mass is 10.2. The SMILES string of the molecule is COC(C)O[C@H](COC(=O)c1ccccc1)C(C=O)OC(=O)c1ccccc1. The Morgan fingerprint density at radius 1 is 0.929 bits per heavy atom. The Morgan fingerprint density at radius 2 is 1.46 bits per heavy atom. The van der Waals surface area contributed by atoms with Gasteiger partial charge < -0.3 is 18.9 Å². The molecule has 0 aromatic heterocycles. The van der Waals surface area contributed by atoms with E-state index in [-0.39, 0.29) is 12.2 Å². The summed E-state index contributed by atoms with van der Waals surface area (Å²) in [5, 5.41) is 0. The molecular formula is C21H22O7. The van der Waals surface area contributed by atoms with Crippen molar-refractivity contribution in [1.29, 1.82) is 0 Å². The summed E-state index contributed by atoms with van der Waals surface area (Å²) in [4.78, 5) is 36.0. The van der Waals surface area contributed by atoms with E-state index in [1.807, 2.05) is 0 Å². The Hall–Kier alpha value is -3.03. The molecule has 2 aromatic carbocycles. The number of carbonyl (C=O) groups excluding carboxylic acids is 3. The van der Waals surface area contributed by atoms with E-state index < -0.39 is 30.4 Å². The number of esters is 2. The summed E-state index contributed by atoms with van der Waals surface area (Å²) in [5.74, 6) is -1.27. The normalized spacial score (nSPS) is 13.8. The number of methoxy groups -OCH3 is 1. The summed E-state index contributed by atoms with van der Waals surface area (Å²) in [7, 11) is 1.42. The molecule has 0 saturated carbocycles. The molecule has 3 atom stereocenters. The van der Waals surface area contributed by atoms with Crippen LogP contribution in [-0.4, -0.2) is 50.4 Å². The Labute approximate surface area is 163 Å². The quantitative estimate of drug-likeness (QED) is 0.352. The van der Waals surface area contributed by atoms with Crippen molar-refractivity contribution in [3.05, 3.63) is 71.8 Å². The molecule has 0 saturated heterocycles. The van der Waals surface area contributed by atoms with Crippen molar-refractivity contribution in [2.75, 3.05) is 13.7 Å². The van der Waals surface area contributed by atoms with Crippen LogP contribution in [0.15, 0.2) is 60.7 Å². The fourth-order valence-corrected chi connectivity index (χ4v) is 2.29. The first kappa shape index (κ1) is 21.3. The van der Waals surface area contributed by atoms with Crippen LogP contribution < -0.4 is 0 Å². The van der Waals surface area contributed by atoms with Crippen LogP contribution in [0, 0.1) is 0 Å². The Morgan fingerprint density at radius 3 is 1.96 bits per heavy atom. The first-order chi connectivity index (χ1) is 13.5. The lowest BCUT2D eigenvalue weighted by Crippen LogP contribution is -2.41. The molecule has 0 radical (unpaired) electrons. The maximum absolute atomic E-state index is 12.3. The zero-order valence-corrected chi connectivity index (χ0v) is 15.6. The summed E-state index contributed by atoms with van der Waals surface area (Å²) in [6, 6.07) is 16.6. The van der Waals surface area contributed by atoms with Gasteiger partial charge in [0, 0.05) is 7.11 Å². The standard InChI is InChI=1S/C21H22O7/c1-15(25-2)27-19(14-26-20(23)16-9-5-3-6-10-16)18(13-22)28-21(24)17-11-7-4-8-12-17/h3-13,15,18-19H,14H2,1-2H3/t15?,18?,19-/m1/s1. The van der Waals surface area contributed by atoms with Gasteiger partial charge in [-0.05, 0) is 31.2 Å². The molecule has 0 aliphatic heterocycles.